The molecule has 1 amide bonds. The zero-order valence-electron chi connectivity index (χ0n) is 16.7. The van der Waals surface area contributed by atoms with Crippen LogP contribution >= 0.6 is 0 Å². The van der Waals surface area contributed by atoms with Gasteiger partial charge in [0.05, 0.1) is 17.6 Å². The number of ether oxygens (including phenoxy) is 1. The van der Waals surface area contributed by atoms with Crippen LogP contribution in [0.4, 0.5) is 0 Å². The molecule has 7 heteroatoms. The normalized spacial score (nSPS) is 18.6. The van der Waals surface area contributed by atoms with E-state index in [0.717, 1.165) is 44.1 Å². The summed E-state index contributed by atoms with van der Waals surface area (Å²) in [4.78, 5) is 14.9. The summed E-state index contributed by atoms with van der Waals surface area (Å²) in [5, 5.41) is 0. The van der Waals surface area contributed by atoms with Crippen molar-refractivity contribution in [1.29, 1.82) is 0 Å². The first-order valence-electron chi connectivity index (χ1n) is 10.1. The van der Waals surface area contributed by atoms with Crippen molar-refractivity contribution in [3.63, 3.8) is 0 Å². The predicted molar refractivity (Wildman–Crippen MR) is 109 cm³/mol. The van der Waals surface area contributed by atoms with E-state index in [4.69, 9.17) is 4.74 Å². The molecule has 1 N–H and O–H groups in total. The van der Waals surface area contributed by atoms with Gasteiger partial charge in [-0.3, -0.25) is 4.79 Å². The lowest BCUT2D eigenvalue weighted by molar-refractivity contribution is 0.0693. The number of benzene rings is 1. The number of piperidine rings is 1. The molecule has 0 radical (unpaired) electrons. The summed E-state index contributed by atoms with van der Waals surface area (Å²) < 4.78 is 33.5. The fourth-order valence-corrected chi connectivity index (χ4v) is 4.80. The van der Waals surface area contributed by atoms with Gasteiger partial charge < -0.3 is 9.64 Å². The Labute approximate surface area is 168 Å². The number of hydrogen-bond acceptors (Lipinski definition) is 4. The molecule has 2 aliphatic rings. The van der Waals surface area contributed by atoms with Gasteiger partial charge in [-0.15, -0.1) is 0 Å². The number of amides is 1. The lowest BCUT2D eigenvalue weighted by atomic mass is 9.98. The van der Waals surface area contributed by atoms with Crippen molar-refractivity contribution >= 4 is 15.9 Å². The Bertz CT molecular complexity index is 840. The van der Waals surface area contributed by atoms with Crippen LogP contribution in [0.15, 0.2) is 34.7 Å². The summed E-state index contributed by atoms with van der Waals surface area (Å²) >= 11 is 0. The van der Waals surface area contributed by atoms with Crippen molar-refractivity contribution in [2.75, 3.05) is 26.7 Å². The minimum atomic E-state index is -3.70. The molecular weight excluding hydrogens is 376 g/mol. The van der Waals surface area contributed by atoms with Gasteiger partial charge in [-0.2, -0.15) is 0 Å². The van der Waals surface area contributed by atoms with Crippen LogP contribution in [0.3, 0.4) is 0 Å². The lowest BCUT2D eigenvalue weighted by Crippen LogP contribution is -2.38. The van der Waals surface area contributed by atoms with Crippen molar-refractivity contribution in [2.45, 2.75) is 50.3 Å². The molecule has 28 heavy (non-hydrogen) atoms. The van der Waals surface area contributed by atoms with E-state index in [9.17, 15) is 13.2 Å². The molecule has 0 unspecified atom stereocenters. The first kappa shape index (κ1) is 20.9. The number of sulfonamides is 1. The van der Waals surface area contributed by atoms with Gasteiger partial charge in [0, 0.05) is 19.6 Å². The van der Waals surface area contributed by atoms with Crippen LogP contribution in [0, 0.1) is 5.92 Å². The van der Waals surface area contributed by atoms with Crippen molar-refractivity contribution in [2.24, 2.45) is 5.92 Å². The molecule has 1 aliphatic heterocycles. The van der Waals surface area contributed by atoms with Crippen molar-refractivity contribution in [3.05, 3.63) is 35.4 Å². The smallest absolute Gasteiger partial charge is 0.257 e. The molecule has 6 nitrogen and oxygen atoms in total. The maximum Gasteiger partial charge on any atom is 0.257 e. The largest absolute Gasteiger partial charge is 0.496 e. The minimum Gasteiger partial charge on any atom is -0.496 e. The molecule has 0 saturated carbocycles. The molecule has 1 heterocycles. The van der Waals surface area contributed by atoms with Crippen LogP contribution in [0.1, 0.15) is 55.8 Å². The van der Waals surface area contributed by atoms with E-state index in [1.165, 1.54) is 19.2 Å². The molecule has 154 valence electrons. The second kappa shape index (κ2) is 9.09. The molecule has 1 aromatic carbocycles. The van der Waals surface area contributed by atoms with E-state index < -0.39 is 10.0 Å². The summed E-state index contributed by atoms with van der Waals surface area (Å²) in [6.07, 6.45) is 8.24. The van der Waals surface area contributed by atoms with Gasteiger partial charge in [0.15, 0.2) is 0 Å². The quantitative estimate of drug-likeness (QED) is 0.735. The second-order valence-corrected chi connectivity index (χ2v) is 9.54. The number of nitrogens with zero attached hydrogens (tertiary/aromatic N) is 1. The van der Waals surface area contributed by atoms with Gasteiger partial charge in [-0.1, -0.05) is 18.6 Å². The Morgan fingerprint density at radius 2 is 2.00 bits per heavy atom. The Morgan fingerprint density at radius 1 is 1.25 bits per heavy atom. The highest BCUT2D eigenvalue weighted by Crippen LogP contribution is 2.26. The highest BCUT2D eigenvalue weighted by molar-refractivity contribution is 7.89. The number of hydrogen-bond donors (Lipinski definition) is 1. The third kappa shape index (κ3) is 4.94. The number of rotatable bonds is 6. The molecule has 0 atom stereocenters. The third-order valence-corrected chi connectivity index (χ3v) is 7.06. The molecule has 0 bridgehead atoms. The molecule has 1 saturated heterocycles. The predicted octanol–water partition coefficient (Wildman–Crippen LogP) is 3.35. The first-order chi connectivity index (χ1) is 13.4. The van der Waals surface area contributed by atoms with Gasteiger partial charge >= 0.3 is 0 Å². The monoisotopic (exact) mass is 406 g/mol. The van der Waals surface area contributed by atoms with E-state index in [1.807, 2.05) is 0 Å². The average molecular weight is 407 g/mol. The van der Waals surface area contributed by atoms with E-state index in [0.29, 0.717) is 36.9 Å². The van der Waals surface area contributed by atoms with Crippen LogP contribution in [-0.2, 0) is 10.0 Å². The number of carbonyl (C=O) groups excluding carboxylic acids is 1. The zero-order valence-corrected chi connectivity index (χ0v) is 17.6. The molecule has 1 aromatic rings. The molecule has 1 aliphatic carbocycles. The maximum atomic E-state index is 13.0. The van der Waals surface area contributed by atoms with E-state index in [2.05, 4.69) is 17.7 Å². The summed E-state index contributed by atoms with van der Waals surface area (Å²) in [6.45, 7) is 3.88. The van der Waals surface area contributed by atoms with E-state index >= 15 is 0 Å². The van der Waals surface area contributed by atoms with Crippen LogP contribution in [0.2, 0.25) is 0 Å². The highest BCUT2D eigenvalue weighted by Gasteiger charge is 2.26. The maximum absolute atomic E-state index is 13.0. The molecule has 0 aromatic heterocycles. The average Bonchev–Trinajstić information content (AvgIpc) is 2.72. The van der Waals surface area contributed by atoms with Gasteiger partial charge in [0.25, 0.3) is 5.91 Å². The highest BCUT2D eigenvalue weighted by atomic mass is 32.2. The summed E-state index contributed by atoms with van der Waals surface area (Å²) in [5.41, 5.74) is 1.43. The fraction of sp³-hybridized carbons (Fsp3) is 0.571. The third-order valence-electron chi connectivity index (χ3n) is 5.66. The van der Waals surface area contributed by atoms with Crippen LogP contribution in [0.5, 0.6) is 5.75 Å². The van der Waals surface area contributed by atoms with Crippen molar-refractivity contribution in [1.82, 2.24) is 9.62 Å². The SMILES string of the molecule is COc1ccc(S(=O)(=O)NCC2=CCCCC2)cc1C(=O)N1CCC(C)CC1. The minimum absolute atomic E-state index is 0.0958. The van der Waals surface area contributed by atoms with Crippen molar-refractivity contribution < 1.29 is 17.9 Å². The number of likely N-dealkylation sites (tertiary alicyclic amines) is 1. The Kier molecular flexibility index (Phi) is 6.78. The topological polar surface area (TPSA) is 75.7 Å². The van der Waals surface area contributed by atoms with Gasteiger partial charge in [0.1, 0.15) is 5.75 Å². The number of methoxy groups -OCH3 is 1. The first-order valence-corrected chi connectivity index (χ1v) is 11.5. The van der Waals surface area contributed by atoms with E-state index in [-0.39, 0.29) is 10.8 Å². The van der Waals surface area contributed by atoms with Gasteiger partial charge in [0.2, 0.25) is 10.0 Å². The van der Waals surface area contributed by atoms with Crippen LogP contribution < -0.4 is 9.46 Å². The second-order valence-electron chi connectivity index (χ2n) is 7.77. The molecule has 1 fully saturated rings. The molecule has 3 rings (SSSR count). The molecular formula is C21H30N2O4S. The Hall–Kier alpha value is -1.86. The summed E-state index contributed by atoms with van der Waals surface area (Å²) in [5.74, 6) is 0.837. The fourth-order valence-electron chi connectivity index (χ4n) is 3.74. The number of allylic oxidation sites excluding steroid dienone is 1. The Morgan fingerprint density at radius 3 is 2.64 bits per heavy atom. The number of carbonyl (C=O) groups is 1. The standard InChI is InChI=1S/C21H30N2O4S/c1-16-10-12-23(13-11-16)21(24)19-14-18(8-9-20(19)27-2)28(25,26)22-15-17-6-4-3-5-7-17/h6,8-9,14,16,22H,3-5,7,10-13,15H2,1-2H3. The van der Waals surface area contributed by atoms with Crippen LogP contribution in [-0.4, -0.2) is 46.0 Å². The lowest BCUT2D eigenvalue weighted by Gasteiger charge is -2.30. The van der Waals surface area contributed by atoms with Crippen molar-refractivity contribution in [3.8, 4) is 5.75 Å². The molecule has 0 spiro atoms. The van der Waals surface area contributed by atoms with Gasteiger partial charge in [-0.25, -0.2) is 13.1 Å². The zero-order chi connectivity index (χ0) is 20.1. The summed E-state index contributed by atoms with van der Waals surface area (Å²) in [6, 6.07) is 4.50. The van der Waals surface area contributed by atoms with Gasteiger partial charge in [-0.05, 0) is 62.6 Å². The Balaban J connectivity index is 1.79. The summed E-state index contributed by atoms with van der Waals surface area (Å²) in [7, 11) is -2.20. The van der Waals surface area contributed by atoms with Crippen LogP contribution in [0.25, 0.3) is 0 Å². The number of nitrogens with one attached hydrogen (secondary N) is 1. The van der Waals surface area contributed by atoms with E-state index in [1.54, 1.807) is 11.0 Å².